The predicted molar refractivity (Wildman–Crippen MR) is 130 cm³/mol. The van der Waals surface area contributed by atoms with Gasteiger partial charge < -0.3 is 9.80 Å². The van der Waals surface area contributed by atoms with E-state index >= 15 is 0 Å². The molecule has 0 bridgehead atoms. The molecule has 7 nitrogen and oxygen atoms in total. The van der Waals surface area contributed by atoms with E-state index in [4.69, 9.17) is 11.6 Å². The second-order valence-corrected chi connectivity index (χ2v) is 10.9. The van der Waals surface area contributed by atoms with Crippen molar-refractivity contribution in [2.45, 2.75) is 43.4 Å². The van der Waals surface area contributed by atoms with E-state index in [0.29, 0.717) is 31.1 Å². The number of halogens is 1. The Morgan fingerprint density at radius 3 is 2.38 bits per heavy atom. The molecule has 176 valence electrons. The predicted octanol–water partition coefficient (Wildman–Crippen LogP) is 3.30. The molecule has 0 unspecified atom stereocenters. The van der Waals surface area contributed by atoms with Crippen molar-refractivity contribution in [2.75, 3.05) is 6.54 Å². The third kappa shape index (κ3) is 4.17. The number of nitrogens with zero attached hydrogens (tertiary/aromatic N) is 2. The molecule has 2 aliphatic rings. The van der Waals surface area contributed by atoms with Gasteiger partial charge in [-0.3, -0.25) is 9.59 Å². The van der Waals surface area contributed by atoms with E-state index in [1.165, 1.54) is 11.0 Å². The van der Waals surface area contributed by atoms with Crippen LogP contribution in [0.5, 0.6) is 0 Å². The van der Waals surface area contributed by atoms with Gasteiger partial charge >= 0.3 is 0 Å². The van der Waals surface area contributed by atoms with E-state index < -0.39 is 22.1 Å². The number of benzene rings is 3. The van der Waals surface area contributed by atoms with E-state index in [-0.39, 0.29) is 16.7 Å². The maximum absolute atomic E-state index is 13.1. The van der Waals surface area contributed by atoms with E-state index in [2.05, 4.69) is 4.72 Å². The number of carbonyl (C=O) groups excluding carboxylic acids is 2. The number of hydrogen-bond acceptors (Lipinski definition) is 4. The zero-order chi connectivity index (χ0) is 24.0. The molecule has 1 N–H and O–H groups in total. The summed E-state index contributed by atoms with van der Waals surface area (Å²) in [5.74, 6) is -0.519. The van der Waals surface area contributed by atoms with Gasteiger partial charge in [0.1, 0.15) is 12.1 Å². The highest BCUT2D eigenvalue weighted by atomic mass is 35.5. The van der Waals surface area contributed by atoms with Crippen molar-refractivity contribution < 1.29 is 18.0 Å². The highest BCUT2D eigenvalue weighted by molar-refractivity contribution is 7.89. The molecule has 0 aromatic heterocycles. The van der Waals surface area contributed by atoms with Gasteiger partial charge in [0.15, 0.2) is 0 Å². The van der Waals surface area contributed by atoms with Gasteiger partial charge in [-0.1, -0.05) is 48.0 Å². The lowest BCUT2D eigenvalue weighted by Crippen LogP contribution is -2.49. The average Bonchev–Trinajstić information content (AvgIpc) is 3.41. The summed E-state index contributed by atoms with van der Waals surface area (Å²) in [6.45, 7) is 3.06. The van der Waals surface area contributed by atoms with Crippen LogP contribution in [0.25, 0.3) is 10.8 Å². The first kappa shape index (κ1) is 22.8. The summed E-state index contributed by atoms with van der Waals surface area (Å²) in [5.41, 5.74) is 2.22. The standard InChI is InChI=1S/C25H24ClN3O4S/c1-16(24(30)28-14-19-4-2-3-5-20(19)15-28)29-11-10-23(25(29)31)27-34(32,33)22-9-7-17-12-21(26)8-6-18(17)13-22/h2-9,12-13,16,23,27H,10-11,14-15H2,1H3/t16-,23-/m0/s1. The minimum absolute atomic E-state index is 0.0764. The number of fused-ring (bicyclic) bond motifs is 2. The van der Waals surface area contributed by atoms with Crippen LogP contribution in [0, 0.1) is 0 Å². The second kappa shape index (κ2) is 8.69. The van der Waals surface area contributed by atoms with E-state index in [9.17, 15) is 18.0 Å². The van der Waals surface area contributed by atoms with Crippen molar-refractivity contribution in [1.82, 2.24) is 14.5 Å². The molecule has 5 rings (SSSR count). The monoisotopic (exact) mass is 497 g/mol. The zero-order valence-electron chi connectivity index (χ0n) is 18.6. The Balaban J connectivity index is 1.27. The molecule has 2 heterocycles. The molecule has 3 aromatic carbocycles. The summed E-state index contributed by atoms with van der Waals surface area (Å²) in [6, 6.07) is 16.3. The van der Waals surface area contributed by atoms with Crippen LogP contribution in [0.1, 0.15) is 24.5 Å². The Bertz CT molecular complexity index is 1380. The van der Waals surface area contributed by atoms with E-state index in [1.807, 2.05) is 24.3 Å². The Morgan fingerprint density at radius 1 is 1.03 bits per heavy atom. The third-order valence-electron chi connectivity index (χ3n) is 6.60. The van der Waals surface area contributed by atoms with Crippen LogP contribution in [0.2, 0.25) is 5.02 Å². The minimum Gasteiger partial charge on any atom is -0.332 e. The number of carbonyl (C=O) groups is 2. The van der Waals surface area contributed by atoms with Crippen LogP contribution in [-0.2, 0) is 32.7 Å². The fourth-order valence-corrected chi connectivity index (χ4v) is 6.14. The van der Waals surface area contributed by atoms with Gasteiger partial charge in [-0.05, 0) is 59.5 Å². The highest BCUT2D eigenvalue weighted by Crippen LogP contribution is 2.26. The lowest BCUT2D eigenvalue weighted by atomic mass is 10.1. The van der Waals surface area contributed by atoms with Crippen molar-refractivity contribution in [2.24, 2.45) is 0 Å². The van der Waals surface area contributed by atoms with Crippen LogP contribution < -0.4 is 4.72 Å². The number of sulfonamides is 1. The molecule has 0 spiro atoms. The van der Waals surface area contributed by atoms with Crippen molar-refractivity contribution >= 4 is 44.2 Å². The normalized spacial score (nSPS) is 19.0. The SMILES string of the molecule is C[C@@H](C(=O)N1Cc2ccccc2C1)N1CC[C@H](NS(=O)(=O)c2ccc3cc(Cl)ccc3c2)C1=O. The third-order valence-corrected chi connectivity index (χ3v) is 8.30. The maximum Gasteiger partial charge on any atom is 0.245 e. The summed E-state index contributed by atoms with van der Waals surface area (Å²) in [6.07, 6.45) is 0.305. The Morgan fingerprint density at radius 2 is 1.68 bits per heavy atom. The summed E-state index contributed by atoms with van der Waals surface area (Å²) >= 11 is 6.00. The Labute approximate surface area is 203 Å². The largest absolute Gasteiger partial charge is 0.332 e. The first-order valence-corrected chi connectivity index (χ1v) is 13.0. The summed E-state index contributed by atoms with van der Waals surface area (Å²) in [4.78, 5) is 29.4. The van der Waals surface area contributed by atoms with Gasteiger partial charge in [0.25, 0.3) is 0 Å². The van der Waals surface area contributed by atoms with Crippen LogP contribution in [0.4, 0.5) is 0 Å². The van der Waals surface area contributed by atoms with Crippen molar-refractivity contribution in [3.63, 3.8) is 0 Å². The molecule has 0 aliphatic carbocycles. The molecule has 3 aromatic rings. The molecule has 1 saturated heterocycles. The second-order valence-electron chi connectivity index (χ2n) is 8.79. The summed E-state index contributed by atoms with van der Waals surface area (Å²) < 4.78 is 28.5. The first-order valence-electron chi connectivity index (χ1n) is 11.1. The van der Waals surface area contributed by atoms with Crippen LogP contribution >= 0.6 is 11.6 Å². The number of nitrogens with one attached hydrogen (secondary N) is 1. The summed E-state index contributed by atoms with van der Waals surface area (Å²) in [7, 11) is -3.93. The highest BCUT2D eigenvalue weighted by Gasteiger charge is 2.40. The molecule has 0 radical (unpaired) electrons. The molecule has 1 fully saturated rings. The van der Waals surface area contributed by atoms with Crippen molar-refractivity contribution in [3.8, 4) is 0 Å². The van der Waals surface area contributed by atoms with Crippen LogP contribution in [-0.4, -0.2) is 48.7 Å². The molecule has 2 atom stereocenters. The number of hydrogen-bond donors (Lipinski definition) is 1. The quantitative estimate of drug-likeness (QED) is 0.586. The molecular formula is C25H24ClN3O4S. The molecule has 9 heteroatoms. The topological polar surface area (TPSA) is 86.8 Å². The van der Waals surface area contributed by atoms with Crippen LogP contribution in [0.3, 0.4) is 0 Å². The van der Waals surface area contributed by atoms with Gasteiger partial charge in [0.2, 0.25) is 21.8 Å². The molecule has 2 amide bonds. The Hall–Kier alpha value is -2.94. The zero-order valence-corrected chi connectivity index (χ0v) is 20.1. The molecule has 0 saturated carbocycles. The molecular weight excluding hydrogens is 474 g/mol. The number of amides is 2. The fourth-order valence-electron chi connectivity index (χ4n) is 4.70. The smallest absolute Gasteiger partial charge is 0.245 e. The van der Waals surface area contributed by atoms with E-state index in [1.54, 1.807) is 42.2 Å². The average molecular weight is 498 g/mol. The lowest BCUT2D eigenvalue weighted by Gasteiger charge is -2.28. The van der Waals surface area contributed by atoms with E-state index in [0.717, 1.165) is 21.9 Å². The van der Waals surface area contributed by atoms with Crippen molar-refractivity contribution in [1.29, 1.82) is 0 Å². The number of likely N-dealkylation sites (tertiary alicyclic amines) is 1. The van der Waals surface area contributed by atoms with Gasteiger partial charge in [-0.25, -0.2) is 8.42 Å². The van der Waals surface area contributed by atoms with Gasteiger partial charge in [0, 0.05) is 24.7 Å². The van der Waals surface area contributed by atoms with Gasteiger partial charge in [-0.2, -0.15) is 4.72 Å². The van der Waals surface area contributed by atoms with Crippen LogP contribution in [0.15, 0.2) is 65.6 Å². The minimum atomic E-state index is -3.93. The lowest BCUT2D eigenvalue weighted by molar-refractivity contribution is -0.143. The first-order chi connectivity index (χ1) is 16.2. The number of rotatable bonds is 5. The molecule has 2 aliphatic heterocycles. The van der Waals surface area contributed by atoms with Gasteiger partial charge in [-0.15, -0.1) is 0 Å². The van der Waals surface area contributed by atoms with Crippen molar-refractivity contribution in [3.05, 3.63) is 76.8 Å². The van der Waals surface area contributed by atoms with Gasteiger partial charge in [0.05, 0.1) is 4.90 Å². The Kier molecular flexibility index (Phi) is 5.83. The summed E-state index contributed by atoms with van der Waals surface area (Å²) in [5, 5.41) is 2.13. The fraction of sp³-hybridized carbons (Fsp3) is 0.280. The molecule has 34 heavy (non-hydrogen) atoms. The maximum atomic E-state index is 13.1.